The molecule has 8 nitrogen and oxygen atoms in total. The normalized spacial score (nSPS) is 8.43. The molecule has 0 aromatic carbocycles. The van der Waals surface area contributed by atoms with Crippen molar-refractivity contribution in [3.8, 4) is 0 Å². The van der Waals surface area contributed by atoms with Gasteiger partial charge in [0.15, 0.2) is 0 Å². The smallest absolute Gasteiger partial charge is 1.00 e. The first kappa shape index (κ1) is 36.5. The zero-order valence-corrected chi connectivity index (χ0v) is 17.8. The van der Waals surface area contributed by atoms with E-state index in [0.717, 1.165) is 0 Å². The fourth-order valence-corrected chi connectivity index (χ4v) is 0. The molecule has 0 radical (unpaired) electrons. The average Bonchev–Trinajstić information content (AvgIpc) is 1.12. The molecular formula is H14Ca4O8P2. The summed E-state index contributed by atoms with van der Waals surface area (Å²) >= 11 is 0. The van der Waals surface area contributed by atoms with Crippen LogP contribution in [0.25, 0.3) is 0 Å². The SMILES string of the molecule is O=P(O)(O)O.O=P(O)(O)O.[Ca+2].[Ca+2].[Ca+2].[Ca+2].[H-].[H-].[H-].[H-].[H-].[H-].[H-].[H-]. The zero-order valence-electron chi connectivity index (χ0n) is 15.2. The zero-order chi connectivity index (χ0) is 9.00. The quantitative estimate of drug-likeness (QED) is 0.204. The van der Waals surface area contributed by atoms with E-state index in [1.165, 1.54) is 0 Å². The monoisotopic (exact) mass is 364 g/mol. The van der Waals surface area contributed by atoms with Crippen LogP contribution in [0.15, 0.2) is 0 Å². The van der Waals surface area contributed by atoms with E-state index < -0.39 is 15.6 Å². The van der Waals surface area contributed by atoms with Gasteiger partial charge < -0.3 is 40.8 Å². The standard InChI is InChI=1S/4Ca.2H3O4P.8H/c;;;;2*1-5(2,3)4;;;;;;;;/h;;;;2*(H3,1,2,3,4);;;;;;;;/q4*+2;;;8*-1. The van der Waals surface area contributed by atoms with Gasteiger partial charge in [0, 0.05) is 0 Å². The maximum atomic E-state index is 8.88. The van der Waals surface area contributed by atoms with E-state index in [-0.39, 0.29) is 162 Å². The predicted octanol–water partition coefficient (Wildman–Crippen LogP) is -2.48. The second-order valence-corrected chi connectivity index (χ2v) is 3.08. The molecule has 0 saturated carbocycles. The Morgan fingerprint density at radius 3 is 0.571 bits per heavy atom. The first-order valence-electron chi connectivity index (χ1n) is 1.57. The summed E-state index contributed by atoms with van der Waals surface area (Å²) in [5.74, 6) is 0. The summed E-state index contributed by atoms with van der Waals surface area (Å²) in [5, 5.41) is 0. The maximum absolute atomic E-state index is 8.88. The van der Waals surface area contributed by atoms with Crippen LogP contribution < -0.4 is 0 Å². The molecule has 14 heteroatoms. The molecule has 0 aliphatic heterocycles. The molecule has 80 valence electrons. The molecule has 0 bridgehead atoms. The van der Waals surface area contributed by atoms with Crippen molar-refractivity contribution in [2.75, 3.05) is 0 Å². The summed E-state index contributed by atoms with van der Waals surface area (Å²) in [5.41, 5.74) is 0. The van der Waals surface area contributed by atoms with Crippen molar-refractivity contribution in [3.05, 3.63) is 0 Å². The summed E-state index contributed by atoms with van der Waals surface area (Å²) < 4.78 is 17.8. The number of phosphoric acid groups is 2. The van der Waals surface area contributed by atoms with Gasteiger partial charge in [-0.15, -0.1) is 0 Å². The fourth-order valence-electron chi connectivity index (χ4n) is 0. The van der Waals surface area contributed by atoms with E-state index in [9.17, 15) is 0 Å². The molecule has 6 N–H and O–H groups in total. The molecule has 0 aliphatic rings. The number of rotatable bonds is 0. The molecule has 0 aromatic rings. The van der Waals surface area contributed by atoms with Crippen LogP contribution >= 0.6 is 15.6 Å². The van der Waals surface area contributed by atoms with E-state index in [1.807, 2.05) is 0 Å². The Kier molecular flexibility index (Phi) is 47.6. The van der Waals surface area contributed by atoms with Gasteiger partial charge in [0.25, 0.3) is 0 Å². The van der Waals surface area contributed by atoms with Crippen LogP contribution in [0.2, 0.25) is 0 Å². The van der Waals surface area contributed by atoms with E-state index in [0.29, 0.717) is 0 Å². The van der Waals surface area contributed by atoms with Gasteiger partial charge in [-0.25, -0.2) is 9.13 Å². The van der Waals surface area contributed by atoms with Crippen LogP contribution in [0.4, 0.5) is 0 Å². The van der Waals surface area contributed by atoms with Crippen LogP contribution in [0.1, 0.15) is 11.4 Å². The summed E-state index contributed by atoms with van der Waals surface area (Å²) in [6.45, 7) is 0. The molecule has 0 heterocycles. The van der Waals surface area contributed by atoms with E-state index in [2.05, 4.69) is 0 Å². The maximum Gasteiger partial charge on any atom is 2.00 e. The number of hydrogen-bond acceptors (Lipinski definition) is 2. The largest absolute Gasteiger partial charge is 2.00 e. The molecular weight excluding hydrogens is 350 g/mol. The minimum atomic E-state index is -4.64. The van der Waals surface area contributed by atoms with Gasteiger partial charge in [0.05, 0.1) is 0 Å². The molecule has 0 saturated heterocycles. The third kappa shape index (κ3) is 165. The second kappa shape index (κ2) is 18.3. The van der Waals surface area contributed by atoms with E-state index in [4.69, 9.17) is 38.5 Å². The van der Waals surface area contributed by atoms with Crippen LogP contribution in [0.5, 0.6) is 0 Å². The van der Waals surface area contributed by atoms with Gasteiger partial charge in [-0.3, -0.25) is 0 Å². The molecule has 0 aliphatic carbocycles. The van der Waals surface area contributed by atoms with Crippen LogP contribution in [0, 0.1) is 0 Å². The Hall–Kier alpha value is 5.26. The Labute approximate surface area is 212 Å². The van der Waals surface area contributed by atoms with Crippen molar-refractivity contribution in [2.45, 2.75) is 0 Å². The van der Waals surface area contributed by atoms with Gasteiger partial charge >= 0.3 is 167 Å². The van der Waals surface area contributed by atoms with Crippen LogP contribution in [0.3, 0.4) is 0 Å². The summed E-state index contributed by atoms with van der Waals surface area (Å²) in [4.78, 5) is 43.1. The molecule has 0 unspecified atom stereocenters. The van der Waals surface area contributed by atoms with Gasteiger partial charge in [0.2, 0.25) is 0 Å². The van der Waals surface area contributed by atoms with Crippen molar-refractivity contribution in [2.24, 2.45) is 0 Å². The molecule has 0 amide bonds. The molecule has 0 spiro atoms. The van der Waals surface area contributed by atoms with E-state index >= 15 is 0 Å². The third-order valence-electron chi connectivity index (χ3n) is 0. The van der Waals surface area contributed by atoms with Crippen molar-refractivity contribution in [1.29, 1.82) is 0 Å². The van der Waals surface area contributed by atoms with Gasteiger partial charge in [-0.2, -0.15) is 0 Å². The van der Waals surface area contributed by atoms with Gasteiger partial charge in [-0.05, 0) is 0 Å². The topological polar surface area (TPSA) is 156 Å². The fraction of sp³-hybridized carbons (Fsp3) is 0. The molecule has 0 rings (SSSR count). The minimum absolute atomic E-state index is 0. The molecule has 14 heavy (non-hydrogen) atoms. The van der Waals surface area contributed by atoms with Crippen LogP contribution in [-0.4, -0.2) is 180 Å². The van der Waals surface area contributed by atoms with Gasteiger partial charge in [-0.1, -0.05) is 0 Å². The summed E-state index contributed by atoms with van der Waals surface area (Å²) in [6, 6.07) is 0. The molecule has 0 atom stereocenters. The number of hydrogen-bond donors (Lipinski definition) is 6. The van der Waals surface area contributed by atoms with Gasteiger partial charge in [0.1, 0.15) is 0 Å². The first-order valence-corrected chi connectivity index (χ1v) is 4.70. The third-order valence-corrected chi connectivity index (χ3v) is 0. The Balaban J connectivity index is -0.00000000314. The molecule has 0 aromatic heterocycles. The van der Waals surface area contributed by atoms with Crippen molar-refractivity contribution in [1.82, 2.24) is 0 Å². The Morgan fingerprint density at radius 1 is 0.571 bits per heavy atom. The minimum Gasteiger partial charge on any atom is -1.00 e. The summed E-state index contributed by atoms with van der Waals surface area (Å²) in [7, 11) is -9.28. The van der Waals surface area contributed by atoms with Crippen molar-refractivity contribution >= 4 is 167 Å². The Morgan fingerprint density at radius 2 is 0.571 bits per heavy atom. The predicted molar refractivity (Wildman–Crippen MR) is 60.4 cm³/mol. The first-order chi connectivity index (χ1) is 4.00. The van der Waals surface area contributed by atoms with Crippen LogP contribution in [-0.2, 0) is 9.13 Å². The van der Waals surface area contributed by atoms with Crippen molar-refractivity contribution < 1.29 is 49.9 Å². The average molecular weight is 364 g/mol. The molecule has 0 fully saturated rings. The second-order valence-electron chi connectivity index (χ2n) is 1.03. The van der Waals surface area contributed by atoms with Crippen molar-refractivity contribution in [3.63, 3.8) is 0 Å². The van der Waals surface area contributed by atoms with E-state index in [1.54, 1.807) is 0 Å². The Bertz CT molecular complexity index is 152. The summed E-state index contributed by atoms with van der Waals surface area (Å²) in [6.07, 6.45) is 0.